The minimum Gasteiger partial charge on any atom is -0.267 e. The van der Waals surface area contributed by atoms with Crippen molar-refractivity contribution in [3.05, 3.63) is 65.2 Å². The second kappa shape index (κ2) is 6.25. The lowest BCUT2D eigenvalue weighted by atomic mass is 10.1. The summed E-state index contributed by atoms with van der Waals surface area (Å²) < 4.78 is 12.6. The molecular formula is C14H9FN4O2. The fraction of sp³-hybridized carbons (Fsp3) is 0. The summed E-state index contributed by atoms with van der Waals surface area (Å²) in [5.41, 5.74) is 5.20. The number of pyridine rings is 1. The summed E-state index contributed by atoms with van der Waals surface area (Å²) in [4.78, 5) is 26.7. The van der Waals surface area contributed by atoms with E-state index in [0.29, 0.717) is 5.56 Å². The summed E-state index contributed by atoms with van der Waals surface area (Å²) >= 11 is 0. The number of rotatable bonds is 2. The minimum absolute atomic E-state index is 0.108. The zero-order valence-electron chi connectivity index (χ0n) is 10.6. The van der Waals surface area contributed by atoms with Crippen LogP contribution in [0.5, 0.6) is 0 Å². The van der Waals surface area contributed by atoms with Crippen molar-refractivity contribution < 1.29 is 14.0 Å². The van der Waals surface area contributed by atoms with Crippen molar-refractivity contribution in [1.82, 2.24) is 15.8 Å². The molecule has 0 aliphatic heterocycles. The third-order valence-corrected chi connectivity index (χ3v) is 2.56. The third kappa shape index (κ3) is 3.61. The Morgan fingerprint density at radius 2 is 1.57 bits per heavy atom. The fourth-order valence-electron chi connectivity index (χ4n) is 1.46. The first kappa shape index (κ1) is 14.1. The van der Waals surface area contributed by atoms with Gasteiger partial charge in [-0.25, -0.2) is 4.98 Å². The molecule has 2 aromatic rings. The number of nitrogens with zero attached hydrogens (tertiary/aromatic N) is 2. The van der Waals surface area contributed by atoms with Crippen LogP contribution in [0.2, 0.25) is 0 Å². The van der Waals surface area contributed by atoms with Crippen molar-refractivity contribution in [2.75, 3.05) is 0 Å². The molecule has 0 bridgehead atoms. The first-order valence-corrected chi connectivity index (χ1v) is 5.82. The summed E-state index contributed by atoms with van der Waals surface area (Å²) in [7, 11) is 0. The standard InChI is InChI=1S/C14H9FN4O2/c15-12-6-5-11(8-17-12)14(21)19-18-13(20)10-3-1-9(7-16)2-4-10/h1-6,8H,(H,18,20)(H,19,21). The van der Waals surface area contributed by atoms with Gasteiger partial charge in [-0.2, -0.15) is 9.65 Å². The largest absolute Gasteiger partial charge is 0.271 e. The van der Waals surface area contributed by atoms with Crippen LogP contribution in [0.4, 0.5) is 4.39 Å². The molecule has 21 heavy (non-hydrogen) atoms. The number of hydrogen-bond donors (Lipinski definition) is 2. The van der Waals surface area contributed by atoms with Gasteiger partial charge in [0.25, 0.3) is 11.8 Å². The van der Waals surface area contributed by atoms with E-state index in [9.17, 15) is 14.0 Å². The van der Waals surface area contributed by atoms with Crippen molar-refractivity contribution in [3.63, 3.8) is 0 Å². The molecule has 0 radical (unpaired) electrons. The zero-order chi connectivity index (χ0) is 15.2. The Morgan fingerprint density at radius 3 is 2.10 bits per heavy atom. The molecule has 2 rings (SSSR count). The Kier molecular flexibility index (Phi) is 4.21. The van der Waals surface area contributed by atoms with Gasteiger partial charge in [-0.15, -0.1) is 0 Å². The molecule has 1 aromatic heterocycles. The maximum Gasteiger partial charge on any atom is 0.271 e. The van der Waals surface area contributed by atoms with Crippen LogP contribution >= 0.6 is 0 Å². The molecule has 104 valence electrons. The van der Waals surface area contributed by atoms with Crippen molar-refractivity contribution in [2.24, 2.45) is 0 Å². The Morgan fingerprint density at radius 1 is 1.00 bits per heavy atom. The van der Waals surface area contributed by atoms with E-state index in [1.165, 1.54) is 30.3 Å². The smallest absolute Gasteiger partial charge is 0.267 e. The summed E-state index contributed by atoms with van der Waals surface area (Å²) in [5.74, 6) is -1.86. The van der Waals surface area contributed by atoms with Crippen molar-refractivity contribution in [2.45, 2.75) is 0 Å². The molecule has 0 spiro atoms. The van der Waals surface area contributed by atoms with E-state index in [0.717, 1.165) is 12.3 Å². The van der Waals surface area contributed by atoms with E-state index in [1.807, 2.05) is 6.07 Å². The van der Waals surface area contributed by atoms with E-state index < -0.39 is 17.8 Å². The van der Waals surface area contributed by atoms with Gasteiger partial charge in [0.15, 0.2) is 0 Å². The molecule has 0 fully saturated rings. The number of nitriles is 1. The van der Waals surface area contributed by atoms with E-state index in [1.54, 1.807) is 0 Å². The first-order chi connectivity index (χ1) is 10.1. The average molecular weight is 284 g/mol. The monoisotopic (exact) mass is 284 g/mol. The summed E-state index contributed by atoms with van der Waals surface area (Å²) in [6, 6.07) is 10.1. The Balaban J connectivity index is 1.95. The average Bonchev–Trinajstić information content (AvgIpc) is 2.53. The number of carbonyl (C=O) groups is 2. The van der Waals surface area contributed by atoms with Gasteiger partial charge in [0, 0.05) is 11.8 Å². The quantitative estimate of drug-likeness (QED) is 0.639. The van der Waals surface area contributed by atoms with Crippen molar-refractivity contribution in [1.29, 1.82) is 5.26 Å². The number of nitrogens with one attached hydrogen (secondary N) is 2. The molecule has 0 aliphatic rings. The lowest BCUT2D eigenvalue weighted by Gasteiger charge is -2.07. The van der Waals surface area contributed by atoms with E-state index in [2.05, 4.69) is 15.8 Å². The lowest BCUT2D eigenvalue weighted by Crippen LogP contribution is -2.41. The number of hydrazine groups is 1. The number of hydrogen-bond acceptors (Lipinski definition) is 4. The SMILES string of the molecule is N#Cc1ccc(C(=O)NNC(=O)c2ccc(F)nc2)cc1. The molecule has 0 atom stereocenters. The van der Waals surface area contributed by atoms with Gasteiger partial charge in [0.05, 0.1) is 17.2 Å². The fourth-order valence-corrected chi connectivity index (χ4v) is 1.46. The van der Waals surface area contributed by atoms with Crippen LogP contribution in [0.1, 0.15) is 26.3 Å². The van der Waals surface area contributed by atoms with Gasteiger partial charge in [0.2, 0.25) is 5.95 Å². The molecule has 7 heteroatoms. The van der Waals surface area contributed by atoms with Crippen LogP contribution in [0.3, 0.4) is 0 Å². The summed E-state index contributed by atoms with van der Waals surface area (Å²) in [6.07, 6.45) is 1.05. The molecule has 1 heterocycles. The van der Waals surface area contributed by atoms with Crippen LogP contribution in [0.25, 0.3) is 0 Å². The highest BCUT2D eigenvalue weighted by Gasteiger charge is 2.09. The number of amides is 2. The summed E-state index contributed by atoms with van der Waals surface area (Å²) in [5, 5.41) is 8.65. The van der Waals surface area contributed by atoms with Gasteiger partial charge in [-0.3, -0.25) is 20.4 Å². The van der Waals surface area contributed by atoms with E-state index in [-0.39, 0.29) is 11.1 Å². The Hall–Kier alpha value is -3.27. The highest BCUT2D eigenvalue weighted by atomic mass is 19.1. The maximum absolute atomic E-state index is 12.6. The molecule has 2 N–H and O–H groups in total. The van der Waals surface area contributed by atoms with Gasteiger partial charge in [-0.1, -0.05) is 0 Å². The number of aromatic nitrogens is 1. The van der Waals surface area contributed by atoms with Gasteiger partial charge in [0.1, 0.15) is 0 Å². The summed E-state index contributed by atoms with van der Waals surface area (Å²) in [6.45, 7) is 0. The van der Waals surface area contributed by atoms with Gasteiger partial charge < -0.3 is 0 Å². The lowest BCUT2D eigenvalue weighted by molar-refractivity contribution is 0.0846. The highest BCUT2D eigenvalue weighted by molar-refractivity contribution is 5.98. The van der Waals surface area contributed by atoms with E-state index >= 15 is 0 Å². The molecule has 0 unspecified atom stereocenters. The van der Waals surface area contributed by atoms with Crippen molar-refractivity contribution >= 4 is 11.8 Å². The number of carbonyl (C=O) groups excluding carboxylic acids is 2. The molecule has 1 aromatic carbocycles. The molecule has 2 amide bonds. The molecular weight excluding hydrogens is 275 g/mol. The topological polar surface area (TPSA) is 94.9 Å². The Labute approximate surface area is 119 Å². The second-order valence-corrected chi connectivity index (χ2v) is 3.97. The van der Waals surface area contributed by atoms with Crippen LogP contribution in [0, 0.1) is 17.3 Å². The third-order valence-electron chi connectivity index (χ3n) is 2.56. The highest BCUT2D eigenvalue weighted by Crippen LogP contribution is 2.03. The van der Waals surface area contributed by atoms with Gasteiger partial charge >= 0.3 is 0 Å². The van der Waals surface area contributed by atoms with Crippen LogP contribution in [0.15, 0.2) is 42.6 Å². The molecule has 0 saturated carbocycles. The van der Waals surface area contributed by atoms with Gasteiger partial charge in [-0.05, 0) is 36.4 Å². The number of benzene rings is 1. The second-order valence-electron chi connectivity index (χ2n) is 3.97. The Bertz CT molecular complexity index is 705. The maximum atomic E-state index is 12.6. The predicted octanol–water partition coefficient (Wildman–Crippen LogP) is 1.17. The minimum atomic E-state index is -0.701. The van der Waals surface area contributed by atoms with Crippen LogP contribution < -0.4 is 10.9 Å². The van der Waals surface area contributed by atoms with Crippen molar-refractivity contribution in [3.8, 4) is 6.07 Å². The predicted molar refractivity (Wildman–Crippen MR) is 70.3 cm³/mol. The molecule has 6 nitrogen and oxygen atoms in total. The first-order valence-electron chi connectivity index (χ1n) is 5.82. The number of halogens is 1. The van der Waals surface area contributed by atoms with Crippen LogP contribution in [-0.2, 0) is 0 Å². The molecule has 0 saturated heterocycles. The normalized spacial score (nSPS) is 9.52. The van der Waals surface area contributed by atoms with Crippen LogP contribution in [-0.4, -0.2) is 16.8 Å². The van der Waals surface area contributed by atoms with E-state index in [4.69, 9.17) is 5.26 Å². The zero-order valence-corrected chi connectivity index (χ0v) is 10.6. The molecule has 0 aliphatic carbocycles.